The van der Waals surface area contributed by atoms with Crippen LogP contribution in [0.25, 0.3) is 0 Å². The topological polar surface area (TPSA) is 24.1 Å². The zero-order valence-corrected chi connectivity index (χ0v) is 11.8. The molecule has 2 nitrogen and oxygen atoms in total. The Kier molecular flexibility index (Phi) is 7.55. The first-order valence-electron chi connectivity index (χ1n) is 5.70. The van der Waals surface area contributed by atoms with Gasteiger partial charge in [-0.25, -0.2) is 0 Å². The van der Waals surface area contributed by atoms with E-state index < -0.39 is 11.7 Å². The molecule has 0 atom stereocenters. The molecule has 0 aromatic heterocycles. The molecular formula is C12H17Cl2F3N2. The first-order chi connectivity index (χ1) is 8.05. The number of halogens is 5. The van der Waals surface area contributed by atoms with Gasteiger partial charge in [0.05, 0.1) is 5.56 Å². The van der Waals surface area contributed by atoms with Crippen LogP contribution in [0.15, 0.2) is 24.3 Å². The van der Waals surface area contributed by atoms with Crippen molar-refractivity contribution in [1.29, 1.82) is 0 Å². The summed E-state index contributed by atoms with van der Waals surface area (Å²) in [6.07, 6.45) is -2.39. The maximum atomic E-state index is 12.5. The van der Waals surface area contributed by atoms with Crippen LogP contribution in [0.2, 0.25) is 0 Å². The van der Waals surface area contributed by atoms with Gasteiger partial charge in [-0.15, -0.1) is 24.8 Å². The Labute approximate surface area is 123 Å². The molecule has 0 unspecified atom stereocenters. The van der Waals surface area contributed by atoms with Crippen molar-refractivity contribution in [2.24, 2.45) is 0 Å². The quantitative estimate of drug-likeness (QED) is 0.869. The third kappa shape index (κ3) is 5.47. The molecule has 1 fully saturated rings. The molecule has 1 aromatic rings. The van der Waals surface area contributed by atoms with Gasteiger partial charge < -0.3 is 10.6 Å². The number of hydrogen-bond donors (Lipinski definition) is 2. The smallest absolute Gasteiger partial charge is 0.382 e. The van der Waals surface area contributed by atoms with Gasteiger partial charge in [-0.05, 0) is 44.1 Å². The Bertz CT molecular complexity index is 379. The maximum absolute atomic E-state index is 12.5. The number of hydrogen-bond acceptors (Lipinski definition) is 2. The molecule has 1 aliphatic rings. The predicted octanol–water partition coefficient (Wildman–Crippen LogP) is 3.71. The fourth-order valence-corrected chi connectivity index (χ4v) is 1.99. The van der Waals surface area contributed by atoms with Gasteiger partial charge >= 0.3 is 6.18 Å². The molecule has 2 N–H and O–H groups in total. The van der Waals surface area contributed by atoms with Gasteiger partial charge in [0.15, 0.2) is 0 Å². The van der Waals surface area contributed by atoms with Gasteiger partial charge in [0, 0.05) is 11.7 Å². The second-order valence-electron chi connectivity index (χ2n) is 4.25. The van der Waals surface area contributed by atoms with E-state index in [9.17, 15) is 13.2 Å². The number of piperidine rings is 1. The predicted molar refractivity (Wildman–Crippen MR) is 75.5 cm³/mol. The van der Waals surface area contributed by atoms with E-state index in [1.807, 2.05) is 0 Å². The van der Waals surface area contributed by atoms with Crippen molar-refractivity contribution in [2.45, 2.75) is 25.1 Å². The van der Waals surface area contributed by atoms with E-state index in [1.165, 1.54) is 12.1 Å². The monoisotopic (exact) mass is 316 g/mol. The van der Waals surface area contributed by atoms with Crippen LogP contribution < -0.4 is 10.6 Å². The fourth-order valence-electron chi connectivity index (χ4n) is 1.99. The Morgan fingerprint density at radius 3 is 2.32 bits per heavy atom. The molecule has 0 saturated carbocycles. The molecule has 110 valence electrons. The summed E-state index contributed by atoms with van der Waals surface area (Å²) in [5, 5.41) is 6.37. The lowest BCUT2D eigenvalue weighted by Crippen LogP contribution is -2.35. The Balaban J connectivity index is 0.00000162. The summed E-state index contributed by atoms with van der Waals surface area (Å²) >= 11 is 0. The highest BCUT2D eigenvalue weighted by atomic mass is 35.5. The van der Waals surface area contributed by atoms with Crippen molar-refractivity contribution < 1.29 is 13.2 Å². The number of benzene rings is 1. The lowest BCUT2D eigenvalue weighted by molar-refractivity contribution is -0.137. The zero-order valence-electron chi connectivity index (χ0n) is 10.2. The summed E-state index contributed by atoms with van der Waals surface area (Å²) in [5.41, 5.74) is -0.0526. The molecular weight excluding hydrogens is 300 g/mol. The molecule has 0 aliphatic carbocycles. The van der Waals surface area contributed by atoms with E-state index in [1.54, 1.807) is 6.07 Å². The summed E-state index contributed by atoms with van der Waals surface area (Å²) in [5.74, 6) is 0. The van der Waals surface area contributed by atoms with Gasteiger partial charge in [-0.1, -0.05) is 6.07 Å². The Hall–Kier alpha value is -0.650. The highest BCUT2D eigenvalue weighted by Crippen LogP contribution is 2.30. The number of nitrogens with one attached hydrogen (secondary N) is 2. The van der Waals surface area contributed by atoms with Crippen molar-refractivity contribution in [2.75, 3.05) is 18.4 Å². The van der Waals surface area contributed by atoms with Crippen LogP contribution >= 0.6 is 24.8 Å². The van der Waals surface area contributed by atoms with E-state index >= 15 is 0 Å². The van der Waals surface area contributed by atoms with Crippen LogP contribution in [0, 0.1) is 0 Å². The molecule has 1 aromatic carbocycles. The molecule has 2 rings (SSSR count). The Morgan fingerprint density at radius 1 is 1.11 bits per heavy atom. The first kappa shape index (κ1) is 18.4. The van der Waals surface area contributed by atoms with Crippen molar-refractivity contribution in [1.82, 2.24) is 5.32 Å². The maximum Gasteiger partial charge on any atom is 0.416 e. The molecule has 1 heterocycles. The normalized spacial score (nSPS) is 16.2. The minimum absolute atomic E-state index is 0. The molecule has 0 radical (unpaired) electrons. The molecule has 0 bridgehead atoms. The van der Waals surface area contributed by atoms with E-state index in [0.29, 0.717) is 5.69 Å². The molecule has 0 spiro atoms. The number of alkyl halides is 3. The third-order valence-electron chi connectivity index (χ3n) is 2.90. The van der Waals surface area contributed by atoms with E-state index in [2.05, 4.69) is 10.6 Å². The molecule has 0 amide bonds. The zero-order chi connectivity index (χ0) is 12.3. The SMILES string of the molecule is Cl.Cl.FC(F)(F)c1cccc(NC2CCNCC2)c1. The van der Waals surface area contributed by atoms with Crippen molar-refractivity contribution in [3.63, 3.8) is 0 Å². The summed E-state index contributed by atoms with van der Waals surface area (Å²) in [6, 6.07) is 5.64. The summed E-state index contributed by atoms with van der Waals surface area (Å²) in [6.45, 7) is 1.83. The van der Waals surface area contributed by atoms with Gasteiger partial charge in [-0.3, -0.25) is 0 Å². The van der Waals surface area contributed by atoms with Gasteiger partial charge in [0.1, 0.15) is 0 Å². The number of anilines is 1. The minimum Gasteiger partial charge on any atom is -0.382 e. The summed E-state index contributed by atoms with van der Waals surface area (Å²) in [7, 11) is 0. The third-order valence-corrected chi connectivity index (χ3v) is 2.90. The van der Waals surface area contributed by atoms with E-state index in [0.717, 1.165) is 32.0 Å². The van der Waals surface area contributed by atoms with Crippen LogP contribution in [0.1, 0.15) is 18.4 Å². The van der Waals surface area contributed by atoms with E-state index in [-0.39, 0.29) is 30.9 Å². The van der Waals surface area contributed by atoms with E-state index in [4.69, 9.17) is 0 Å². The van der Waals surface area contributed by atoms with Gasteiger partial charge in [0.25, 0.3) is 0 Å². The van der Waals surface area contributed by atoms with Crippen LogP contribution in [-0.4, -0.2) is 19.1 Å². The second kappa shape index (κ2) is 7.82. The Morgan fingerprint density at radius 2 is 1.74 bits per heavy atom. The lowest BCUT2D eigenvalue weighted by atomic mass is 10.1. The summed E-state index contributed by atoms with van der Waals surface area (Å²) < 4.78 is 37.5. The second-order valence-corrected chi connectivity index (χ2v) is 4.25. The average molecular weight is 317 g/mol. The summed E-state index contributed by atoms with van der Waals surface area (Å²) in [4.78, 5) is 0. The fraction of sp³-hybridized carbons (Fsp3) is 0.500. The highest BCUT2D eigenvalue weighted by molar-refractivity contribution is 5.85. The standard InChI is InChI=1S/C12H15F3N2.2ClH/c13-12(14,15)9-2-1-3-11(8-9)17-10-4-6-16-7-5-10;;/h1-3,8,10,16-17H,4-7H2;2*1H. The highest BCUT2D eigenvalue weighted by Gasteiger charge is 2.30. The number of rotatable bonds is 2. The van der Waals surface area contributed by atoms with Gasteiger partial charge in [-0.2, -0.15) is 13.2 Å². The van der Waals surface area contributed by atoms with Crippen LogP contribution in [-0.2, 0) is 6.18 Å². The average Bonchev–Trinajstić information content (AvgIpc) is 2.29. The van der Waals surface area contributed by atoms with Crippen LogP contribution in [0.4, 0.5) is 18.9 Å². The molecule has 19 heavy (non-hydrogen) atoms. The van der Waals surface area contributed by atoms with Crippen molar-refractivity contribution in [3.8, 4) is 0 Å². The molecule has 1 saturated heterocycles. The van der Waals surface area contributed by atoms with Crippen LogP contribution in [0.5, 0.6) is 0 Å². The van der Waals surface area contributed by atoms with Gasteiger partial charge in [0.2, 0.25) is 0 Å². The van der Waals surface area contributed by atoms with Crippen molar-refractivity contribution >= 4 is 30.5 Å². The first-order valence-corrected chi connectivity index (χ1v) is 5.70. The lowest BCUT2D eigenvalue weighted by Gasteiger charge is -2.25. The molecule has 1 aliphatic heterocycles. The largest absolute Gasteiger partial charge is 0.416 e. The van der Waals surface area contributed by atoms with Crippen LogP contribution in [0.3, 0.4) is 0 Å². The minimum atomic E-state index is -4.27. The molecule has 7 heteroatoms. The van der Waals surface area contributed by atoms with Crippen molar-refractivity contribution in [3.05, 3.63) is 29.8 Å².